The van der Waals surface area contributed by atoms with Crippen LogP contribution in [-0.4, -0.2) is 75.1 Å². The van der Waals surface area contributed by atoms with Gasteiger partial charge in [-0.1, -0.05) is 0 Å². The number of aliphatic hydroxyl groups is 1. The average Bonchev–Trinajstić information content (AvgIpc) is 2.97. The van der Waals surface area contributed by atoms with Gasteiger partial charge in [-0.3, -0.25) is 24.7 Å². The van der Waals surface area contributed by atoms with Crippen LogP contribution in [0.25, 0.3) is 22.8 Å². The number of nitrogens with zero attached hydrogens (tertiary/aromatic N) is 4. The Hall–Kier alpha value is -5.69. The quantitative estimate of drug-likeness (QED) is 0.104. The zero-order chi connectivity index (χ0) is 32.1. The van der Waals surface area contributed by atoms with Gasteiger partial charge in [-0.15, -0.1) is 0 Å². The molecule has 0 aliphatic heterocycles. The molecule has 4 aromatic rings. The van der Waals surface area contributed by atoms with Crippen LogP contribution in [0.2, 0.25) is 0 Å². The monoisotopic (exact) mass is 690 g/mol. The molecule has 0 aliphatic rings. The Morgan fingerprint density at radius 3 is 0.864 bits per heavy atom. The zero-order valence-electron chi connectivity index (χ0n) is 22.9. The average molecular weight is 690 g/mol. The van der Waals surface area contributed by atoms with E-state index in [2.05, 4.69) is 19.9 Å². The summed E-state index contributed by atoms with van der Waals surface area (Å²) >= 11 is 0. The molecule has 0 aromatic carbocycles. The van der Waals surface area contributed by atoms with Crippen molar-refractivity contribution in [3.63, 3.8) is 0 Å². The first kappa shape index (κ1) is 36.3. The predicted molar refractivity (Wildman–Crippen MR) is 150 cm³/mol. The van der Waals surface area contributed by atoms with Gasteiger partial charge in [-0.05, 0) is 62.4 Å². The van der Waals surface area contributed by atoms with Crippen molar-refractivity contribution in [2.75, 3.05) is 0 Å². The molecule has 5 N–H and O–H groups in total. The fourth-order valence-electron chi connectivity index (χ4n) is 3.11. The fraction of sp³-hybridized carbons (Fsp3) is 0.0690. The number of aromatic nitrogens is 4. The van der Waals surface area contributed by atoms with E-state index < -0.39 is 23.9 Å². The minimum absolute atomic E-state index is 0. The molecule has 4 heterocycles. The van der Waals surface area contributed by atoms with Crippen molar-refractivity contribution in [1.29, 1.82) is 0 Å². The minimum Gasteiger partial charge on any atom is -0.512 e. The van der Waals surface area contributed by atoms with Crippen LogP contribution in [0.15, 0.2) is 85.2 Å². The number of carbonyl (C=O) groups is 5. The molecule has 0 fully saturated rings. The van der Waals surface area contributed by atoms with Crippen LogP contribution in [0.4, 0.5) is 0 Å². The van der Waals surface area contributed by atoms with Gasteiger partial charge >= 0.3 is 23.9 Å². The normalized spacial score (nSPS) is 10.0. The van der Waals surface area contributed by atoms with E-state index in [4.69, 9.17) is 25.5 Å². The third kappa shape index (κ3) is 11.7. The molecule has 0 bridgehead atoms. The third-order valence-corrected chi connectivity index (χ3v) is 4.96. The van der Waals surface area contributed by atoms with Crippen molar-refractivity contribution in [2.45, 2.75) is 13.8 Å². The number of aliphatic hydroxyl groups excluding tert-OH is 1. The largest absolute Gasteiger partial charge is 0.512 e. The van der Waals surface area contributed by atoms with Gasteiger partial charge in [0.1, 0.15) is 0 Å². The molecule has 0 saturated heterocycles. The molecule has 4 rings (SSSR count). The van der Waals surface area contributed by atoms with E-state index in [1.54, 1.807) is 0 Å². The van der Waals surface area contributed by atoms with Crippen LogP contribution < -0.4 is 0 Å². The number of rotatable bonds is 7. The van der Waals surface area contributed by atoms with Crippen molar-refractivity contribution in [2.24, 2.45) is 0 Å². The summed E-state index contributed by atoms with van der Waals surface area (Å²) in [4.78, 5) is 69.2. The number of hydrogen-bond donors (Lipinski definition) is 5. The number of carbonyl (C=O) groups excluding carboxylic acids is 1. The van der Waals surface area contributed by atoms with E-state index >= 15 is 0 Å². The van der Waals surface area contributed by atoms with Gasteiger partial charge in [-0.25, -0.2) is 19.2 Å². The Bertz CT molecular complexity index is 1480. The van der Waals surface area contributed by atoms with E-state index in [0.717, 1.165) is 0 Å². The predicted octanol–water partition coefficient (Wildman–Crippen LogP) is 4.11. The van der Waals surface area contributed by atoms with Crippen molar-refractivity contribution >= 4 is 29.7 Å². The molecule has 0 atom stereocenters. The number of aromatic carboxylic acids is 4. The van der Waals surface area contributed by atoms with Crippen molar-refractivity contribution in [3.8, 4) is 22.8 Å². The van der Waals surface area contributed by atoms with E-state index in [1.807, 2.05) is 0 Å². The van der Waals surface area contributed by atoms with Crippen LogP contribution in [-0.2, 0) is 24.3 Å². The molecule has 0 saturated carbocycles. The Morgan fingerprint density at radius 1 is 0.500 bits per heavy atom. The maximum absolute atomic E-state index is 10.8. The van der Waals surface area contributed by atoms with E-state index in [-0.39, 0.29) is 53.3 Å². The summed E-state index contributed by atoms with van der Waals surface area (Å²) < 4.78 is 0. The fourth-order valence-corrected chi connectivity index (χ4v) is 3.11. The molecule has 14 nitrogen and oxygen atoms in total. The van der Waals surface area contributed by atoms with Gasteiger partial charge in [0, 0.05) is 50.3 Å². The third-order valence-electron chi connectivity index (χ3n) is 4.96. The summed E-state index contributed by atoms with van der Waals surface area (Å²) in [5, 5.41) is 43.8. The minimum atomic E-state index is -1.08. The standard InChI is InChI=1S/2C12H8N2O4.C5H8O2.Ru/c2*15-11(16)7-1-3-13-9(5-7)10-6-8(12(17)18)2-4-14-10;1-4(6)3-5(2)7;/h2*1-6H,(H,15,16)(H,17,18);3,6H,1-2H3;/b;;4-3-;. The second kappa shape index (κ2) is 17.3. The molecular weight excluding hydrogens is 665 g/mol. The number of pyridine rings is 4. The van der Waals surface area contributed by atoms with Crippen molar-refractivity contribution in [1.82, 2.24) is 19.9 Å². The summed E-state index contributed by atoms with van der Waals surface area (Å²) in [6.45, 7) is 2.85. The first-order valence-corrected chi connectivity index (χ1v) is 11.9. The number of carboxylic acids is 4. The summed E-state index contributed by atoms with van der Waals surface area (Å²) in [6, 6.07) is 10.8. The molecule has 0 radical (unpaired) electrons. The van der Waals surface area contributed by atoms with Gasteiger partial charge < -0.3 is 25.5 Å². The Morgan fingerprint density at radius 2 is 0.727 bits per heavy atom. The van der Waals surface area contributed by atoms with Gasteiger partial charge in [0.2, 0.25) is 0 Å². The smallest absolute Gasteiger partial charge is 0.335 e. The van der Waals surface area contributed by atoms with E-state index in [1.165, 1.54) is 93.2 Å². The zero-order valence-corrected chi connectivity index (χ0v) is 24.7. The SMILES string of the molecule is CC(=O)/C=C(/C)O.O=C(O)c1ccnc(-c2cc(C(=O)O)ccn2)c1.O=C(O)c1ccnc(-c2cc(C(=O)O)ccn2)c1.[Ru]. The molecule has 0 unspecified atom stereocenters. The molecule has 4 aromatic heterocycles. The number of allylic oxidation sites excluding steroid dienone is 2. The molecule has 228 valence electrons. The maximum atomic E-state index is 10.8. The maximum Gasteiger partial charge on any atom is 0.335 e. The van der Waals surface area contributed by atoms with Crippen LogP contribution in [0.3, 0.4) is 0 Å². The first-order valence-electron chi connectivity index (χ1n) is 11.9. The molecule has 44 heavy (non-hydrogen) atoms. The second-order valence-electron chi connectivity index (χ2n) is 8.34. The number of carboxylic acid groups (broad SMARTS) is 4. The van der Waals surface area contributed by atoms with Crippen LogP contribution in [0, 0.1) is 0 Å². The summed E-state index contributed by atoms with van der Waals surface area (Å²) in [7, 11) is 0. The Labute approximate surface area is 262 Å². The summed E-state index contributed by atoms with van der Waals surface area (Å²) in [5.74, 6) is -4.37. The summed E-state index contributed by atoms with van der Waals surface area (Å²) in [5.41, 5.74) is 1.56. The number of ketones is 1. The Kier molecular flexibility index (Phi) is 14.3. The molecular formula is C29H24N4O10Ru. The molecule has 0 spiro atoms. The van der Waals surface area contributed by atoms with Crippen LogP contribution in [0.1, 0.15) is 55.3 Å². The van der Waals surface area contributed by atoms with Crippen molar-refractivity contribution < 1.29 is 69.0 Å². The molecule has 0 aliphatic carbocycles. The topological polar surface area (TPSA) is 238 Å². The van der Waals surface area contributed by atoms with Gasteiger partial charge in [0.25, 0.3) is 0 Å². The van der Waals surface area contributed by atoms with Gasteiger partial charge in [0.15, 0.2) is 5.78 Å². The van der Waals surface area contributed by atoms with E-state index in [9.17, 15) is 24.0 Å². The number of hydrogen-bond acceptors (Lipinski definition) is 10. The van der Waals surface area contributed by atoms with E-state index in [0.29, 0.717) is 22.8 Å². The molecule has 15 heteroatoms. The first-order chi connectivity index (χ1) is 20.3. The Balaban J connectivity index is 0.000000357. The second-order valence-corrected chi connectivity index (χ2v) is 8.34. The van der Waals surface area contributed by atoms with Crippen LogP contribution in [0.5, 0.6) is 0 Å². The van der Waals surface area contributed by atoms with Gasteiger partial charge in [0.05, 0.1) is 50.8 Å². The summed E-state index contributed by atoms with van der Waals surface area (Å²) in [6.07, 6.45) is 6.53. The molecule has 0 amide bonds. The van der Waals surface area contributed by atoms with Crippen LogP contribution >= 0.6 is 0 Å². The van der Waals surface area contributed by atoms with Crippen molar-refractivity contribution in [3.05, 3.63) is 107 Å². The van der Waals surface area contributed by atoms with Gasteiger partial charge in [-0.2, -0.15) is 0 Å².